The van der Waals surface area contributed by atoms with Crippen LogP contribution in [0.1, 0.15) is 23.9 Å². The van der Waals surface area contributed by atoms with Gasteiger partial charge in [-0.2, -0.15) is 5.10 Å². The van der Waals surface area contributed by atoms with Crippen LogP contribution in [0.15, 0.2) is 48.7 Å². The maximum absolute atomic E-state index is 13.2. The van der Waals surface area contributed by atoms with Gasteiger partial charge < -0.3 is 4.90 Å². The first-order chi connectivity index (χ1) is 13.5. The lowest BCUT2D eigenvalue weighted by atomic mass is 10.1. The fourth-order valence-electron chi connectivity index (χ4n) is 4.02. The highest BCUT2D eigenvalue weighted by Crippen LogP contribution is 2.22. The van der Waals surface area contributed by atoms with Gasteiger partial charge in [-0.05, 0) is 50.6 Å². The third kappa shape index (κ3) is 3.78. The largest absolute Gasteiger partial charge is 0.351 e. The standard InChI is InChI=1S/C22H26FN5/c1-16-12-17(2)28(25-16)21-7-5-4-6-19(21)15-26-10-11-27(18(3)14-26)22-9-8-20(23)13-24-22/h4-9,12-13,18H,10-11,14-15H2,1-3H3. The van der Waals surface area contributed by atoms with Crippen LogP contribution in [0.25, 0.3) is 5.69 Å². The molecule has 0 amide bonds. The van der Waals surface area contributed by atoms with Gasteiger partial charge in [0.2, 0.25) is 0 Å². The highest BCUT2D eigenvalue weighted by molar-refractivity contribution is 5.43. The topological polar surface area (TPSA) is 37.2 Å². The zero-order chi connectivity index (χ0) is 19.7. The van der Waals surface area contributed by atoms with Crippen LogP contribution in [0.4, 0.5) is 10.2 Å². The van der Waals surface area contributed by atoms with Crippen LogP contribution >= 0.6 is 0 Å². The van der Waals surface area contributed by atoms with Crippen LogP contribution in [0, 0.1) is 19.7 Å². The second-order valence-electron chi connectivity index (χ2n) is 7.58. The molecule has 1 fully saturated rings. The van der Waals surface area contributed by atoms with E-state index in [1.54, 1.807) is 6.07 Å². The number of halogens is 1. The molecule has 0 aliphatic carbocycles. The third-order valence-electron chi connectivity index (χ3n) is 5.34. The van der Waals surface area contributed by atoms with Gasteiger partial charge in [0.05, 0.1) is 17.6 Å². The van der Waals surface area contributed by atoms with E-state index in [1.807, 2.05) is 11.6 Å². The van der Waals surface area contributed by atoms with Crippen molar-refractivity contribution >= 4 is 5.82 Å². The zero-order valence-electron chi connectivity index (χ0n) is 16.6. The molecule has 0 bridgehead atoms. The Morgan fingerprint density at radius 3 is 2.61 bits per heavy atom. The fourth-order valence-corrected chi connectivity index (χ4v) is 4.02. The lowest BCUT2D eigenvalue weighted by Crippen LogP contribution is -2.52. The van der Waals surface area contributed by atoms with Crippen LogP contribution in [0.5, 0.6) is 0 Å². The predicted molar refractivity (Wildman–Crippen MR) is 109 cm³/mol. The normalized spacial score (nSPS) is 17.9. The molecule has 1 aliphatic rings. The van der Waals surface area contributed by atoms with Gasteiger partial charge in [0, 0.05) is 37.9 Å². The maximum Gasteiger partial charge on any atom is 0.141 e. The average molecular weight is 379 g/mol. The van der Waals surface area contributed by atoms with E-state index in [0.717, 1.165) is 49.1 Å². The van der Waals surface area contributed by atoms with Crippen LogP contribution in [-0.4, -0.2) is 45.3 Å². The number of aryl methyl sites for hydroxylation is 2. The lowest BCUT2D eigenvalue weighted by molar-refractivity contribution is 0.220. The Morgan fingerprint density at radius 1 is 1.11 bits per heavy atom. The number of rotatable bonds is 4. The van der Waals surface area contributed by atoms with E-state index in [0.29, 0.717) is 6.04 Å². The van der Waals surface area contributed by atoms with Gasteiger partial charge in [0.1, 0.15) is 11.6 Å². The van der Waals surface area contributed by atoms with Crippen molar-refractivity contribution in [2.45, 2.75) is 33.4 Å². The molecule has 0 spiro atoms. The summed E-state index contributed by atoms with van der Waals surface area (Å²) in [4.78, 5) is 8.97. The number of benzene rings is 1. The molecule has 3 heterocycles. The van der Waals surface area contributed by atoms with Crippen molar-refractivity contribution in [1.29, 1.82) is 0 Å². The molecule has 28 heavy (non-hydrogen) atoms. The van der Waals surface area contributed by atoms with Gasteiger partial charge in [-0.3, -0.25) is 4.90 Å². The minimum Gasteiger partial charge on any atom is -0.351 e. The van der Waals surface area contributed by atoms with Crippen molar-refractivity contribution in [3.8, 4) is 5.69 Å². The van der Waals surface area contributed by atoms with E-state index in [2.05, 4.69) is 64.1 Å². The summed E-state index contributed by atoms with van der Waals surface area (Å²) in [6, 6.07) is 14.1. The highest BCUT2D eigenvalue weighted by Gasteiger charge is 2.25. The van der Waals surface area contributed by atoms with Crippen LogP contribution in [0.3, 0.4) is 0 Å². The monoisotopic (exact) mass is 379 g/mol. The van der Waals surface area contributed by atoms with Crippen molar-refractivity contribution in [3.05, 3.63) is 71.4 Å². The Labute approximate surface area is 165 Å². The third-order valence-corrected chi connectivity index (χ3v) is 5.34. The Bertz CT molecular complexity index is 950. The molecular weight excluding hydrogens is 353 g/mol. The number of nitrogens with zero attached hydrogens (tertiary/aromatic N) is 5. The molecule has 0 radical (unpaired) electrons. The molecule has 1 unspecified atom stereocenters. The predicted octanol–water partition coefficient (Wildman–Crippen LogP) is 3.73. The first-order valence-corrected chi connectivity index (χ1v) is 9.73. The summed E-state index contributed by atoms with van der Waals surface area (Å²) in [7, 11) is 0. The Hall–Kier alpha value is -2.73. The molecule has 6 heteroatoms. The van der Waals surface area contributed by atoms with Gasteiger partial charge in [-0.15, -0.1) is 0 Å². The molecule has 2 aromatic heterocycles. The van der Waals surface area contributed by atoms with Crippen molar-refractivity contribution in [2.75, 3.05) is 24.5 Å². The van der Waals surface area contributed by atoms with Crippen molar-refractivity contribution in [3.63, 3.8) is 0 Å². The number of hydrogen-bond acceptors (Lipinski definition) is 4. The summed E-state index contributed by atoms with van der Waals surface area (Å²) in [5.41, 5.74) is 4.59. The van der Waals surface area contributed by atoms with E-state index in [1.165, 1.54) is 17.8 Å². The molecular formula is C22H26FN5. The molecule has 0 N–H and O–H groups in total. The summed E-state index contributed by atoms with van der Waals surface area (Å²) in [5, 5.41) is 4.66. The van der Waals surface area contributed by atoms with E-state index in [-0.39, 0.29) is 5.82 Å². The molecule has 146 valence electrons. The van der Waals surface area contributed by atoms with Gasteiger partial charge in [0.15, 0.2) is 0 Å². The molecule has 5 nitrogen and oxygen atoms in total. The van der Waals surface area contributed by atoms with Crippen molar-refractivity contribution in [1.82, 2.24) is 19.7 Å². The van der Waals surface area contributed by atoms with E-state index < -0.39 is 0 Å². The first-order valence-electron chi connectivity index (χ1n) is 9.73. The first kappa shape index (κ1) is 18.6. The smallest absolute Gasteiger partial charge is 0.141 e. The quantitative estimate of drug-likeness (QED) is 0.692. The average Bonchev–Trinajstić information content (AvgIpc) is 3.01. The van der Waals surface area contributed by atoms with Crippen LogP contribution in [-0.2, 0) is 6.54 Å². The zero-order valence-corrected chi connectivity index (χ0v) is 16.6. The molecule has 1 atom stereocenters. The molecule has 1 aromatic carbocycles. The Balaban J connectivity index is 1.49. The van der Waals surface area contributed by atoms with Gasteiger partial charge in [0.25, 0.3) is 0 Å². The van der Waals surface area contributed by atoms with Crippen molar-refractivity contribution in [2.24, 2.45) is 0 Å². The summed E-state index contributed by atoms with van der Waals surface area (Å²) < 4.78 is 15.2. The van der Waals surface area contributed by atoms with E-state index in [4.69, 9.17) is 0 Å². The Morgan fingerprint density at radius 2 is 1.93 bits per heavy atom. The van der Waals surface area contributed by atoms with E-state index >= 15 is 0 Å². The van der Waals surface area contributed by atoms with Gasteiger partial charge in [-0.25, -0.2) is 14.1 Å². The number of piperazine rings is 1. The number of hydrogen-bond donors (Lipinski definition) is 0. The van der Waals surface area contributed by atoms with Gasteiger partial charge >= 0.3 is 0 Å². The molecule has 1 aliphatic heterocycles. The number of pyridine rings is 1. The van der Waals surface area contributed by atoms with E-state index in [9.17, 15) is 4.39 Å². The molecule has 1 saturated heterocycles. The van der Waals surface area contributed by atoms with Crippen LogP contribution in [0.2, 0.25) is 0 Å². The second-order valence-corrected chi connectivity index (χ2v) is 7.58. The van der Waals surface area contributed by atoms with Crippen LogP contribution < -0.4 is 4.90 Å². The van der Waals surface area contributed by atoms with Gasteiger partial charge in [-0.1, -0.05) is 18.2 Å². The minimum atomic E-state index is -0.296. The number of aromatic nitrogens is 3. The van der Waals surface area contributed by atoms with Crippen molar-refractivity contribution < 1.29 is 4.39 Å². The lowest BCUT2D eigenvalue weighted by Gasteiger charge is -2.40. The maximum atomic E-state index is 13.2. The Kier molecular flexibility index (Phi) is 5.13. The summed E-state index contributed by atoms with van der Waals surface area (Å²) >= 11 is 0. The summed E-state index contributed by atoms with van der Waals surface area (Å²) in [5.74, 6) is 0.549. The number of para-hydroxylation sites is 1. The number of anilines is 1. The summed E-state index contributed by atoms with van der Waals surface area (Å²) in [6.45, 7) is 9.94. The molecule has 0 saturated carbocycles. The highest BCUT2D eigenvalue weighted by atomic mass is 19.1. The minimum absolute atomic E-state index is 0.296. The second kappa shape index (κ2) is 7.72. The fraction of sp³-hybridized carbons (Fsp3) is 0.364. The SMILES string of the molecule is Cc1cc(C)n(-c2ccccc2CN2CCN(c3ccc(F)cn3)C(C)C2)n1. The molecule has 4 rings (SSSR count). The summed E-state index contributed by atoms with van der Waals surface area (Å²) in [6.07, 6.45) is 1.29. The molecule has 3 aromatic rings.